The molecule has 1 amide bonds. The Morgan fingerprint density at radius 3 is 2.67 bits per heavy atom. The average molecular weight is 324 g/mol. The van der Waals surface area contributed by atoms with E-state index >= 15 is 0 Å². The standard InChI is InChI=1S/C19H24N4O/c1-15-17(14-21-19(22-15)23-12-5-6-13-23)18(24)20-11-7-10-16-8-3-2-4-9-16/h2-4,8-9,14H,5-7,10-13H2,1H3,(H,20,24). The summed E-state index contributed by atoms with van der Waals surface area (Å²) in [6, 6.07) is 10.3. The maximum absolute atomic E-state index is 12.3. The third kappa shape index (κ3) is 4.10. The van der Waals surface area contributed by atoms with Crippen molar-refractivity contribution in [3.8, 4) is 0 Å². The lowest BCUT2D eigenvalue weighted by molar-refractivity contribution is 0.0952. The molecule has 2 aromatic rings. The zero-order valence-corrected chi connectivity index (χ0v) is 14.2. The molecule has 1 saturated heterocycles. The first kappa shape index (κ1) is 16.4. The highest BCUT2D eigenvalue weighted by atomic mass is 16.1. The van der Waals surface area contributed by atoms with Crippen LogP contribution in [-0.2, 0) is 6.42 Å². The predicted molar refractivity (Wildman–Crippen MR) is 95.3 cm³/mol. The summed E-state index contributed by atoms with van der Waals surface area (Å²) >= 11 is 0. The average Bonchev–Trinajstić information content (AvgIpc) is 3.14. The Labute approximate surface area is 143 Å². The molecule has 5 nitrogen and oxygen atoms in total. The zero-order valence-electron chi connectivity index (χ0n) is 14.2. The van der Waals surface area contributed by atoms with E-state index in [2.05, 4.69) is 32.3 Å². The van der Waals surface area contributed by atoms with Crippen LogP contribution in [0.25, 0.3) is 0 Å². The number of amides is 1. The normalized spacial score (nSPS) is 14.0. The molecular weight excluding hydrogens is 300 g/mol. The van der Waals surface area contributed by atoms with Gasteiger partial charge < -0.3 is 10.2 Å². The molecule has 2 heterocycles. The highest BCUT2D eigenvalue weighted by Crippen LogP contribution is 2.16. The van der Waals surface area contributed by atoms with E-state index < -0.39 is 0 Å². The molecule has 0 spiro atoms. The van der Waals surface area contributed by atoms with E-state index in [9.17, 15) is 4.79 Å². The van der Waals surface area contributed by atoms with Crippen molar-refractivity contribution in [3.63, 3.8) is 0 Å². The van der Waals surface area contributed by atoms with Crippen LogP contribution in [0.3, 0.4) is 0 Å². The van der Waals surface area contributed by atoms with Crippen LogP contribution in [0.1, 0.15) is 40.9 Å². The van der Waals surface area contributed by atoms with E-state index in [0.29, 0.717) is 12.1 Å². The van der Waals surface area contributed by atoms with Crippen molar-refractivity contribution in [1.29, 1.82) is 0 Å². The summed E-state index contributed by atoms with van der Waals surface area (Å²) < 4.78 is 0. The molecule has 0 saturated carbocycles. The van der Waals surface area contributed by atoms with Gasteiger partial charge in [0.05, 0.1) is 11.3 Å². The van der Waals surface area contributed by atoms with Crippen molar-refractivity contribution < 1.29 is 4.79 Å². The lowest BCUT2D eigenvalue weighted by Crippen LogP contribution is -2.27. The van der Waals surface area contributed by atoms with Gasteiger partial charge in [0.2, 0.25) is 5.95 Å². The minimum absolute atomic E-state index is 0.0893. The zero-order chi connectivity index (χ0) is 16.8. The summed E-state index contributed by atoms with van der Waals surface area (Å²) in [7, 11) is 0. The largest absolute Gasteiger partial charge is 0.352 e. The van der Waals surface area contributed by atoms with Gasteiger partial charge in [-0.1, -0.05) is 30.3 Å². The Hall–Kier alpha value is -2.43. The van der Waals surface area contributed by atoms with Crippen LogP contribution in [0, 0.1) is 6.92 Å². The molecule has 1 aromatic carbocycles. The van der Waals surface area contributed by atoms with Crippen molar-refractivity contribution in [3.05, 3.63) is 53.3 Å². The number of hydrogen-bond donors (Lipinski definition) is 1. The fourth-order valence-electron chi connectivity index (χ4n) is 2.98. The number of carbonyl (C=O) groups is 1. The van der Waals surface area contributed by atoms with Crippen molar-refractivity contribution in [2.45, 2.75) is 32.6 Å². The number of nitrogens with one attached hydrogen (secondary N) is 1. The molecule has 3 rings (SSSR count). The second kappa shape index (κ2) is 7.90. The molecule has 0 bridgehead atoms. The third-order valence-electron chi connectivity index (χ3n) is 4.37. The van der Waals surface area contributed by atoms with Crippen molar-refractivity contribution in [1.82, 2.24) is 15.3 Å². The molecule has 126 valence electrons. The Morgan fingerprint density at radius 1 is 1.21 bits per heavy atom. The van der Waals surface area contributed by atoms with Crippen molar-refractivity contribution >= 4 is 11.9 Å². The quantitative estimate of drug-likeness (QED) is 0.830. The van der Waals surface area contributed by atoms with E-state index in [1.54, 1.807) is 6.20 Å². The number of aromatic nitrogens is 2. The van der Waals surface area contributed by atoms with Gasteiger partial charge in [-0.2, -0.15) is 0 Å². The van der Waals surface area contributed by atoms with Crippen LogP contribution < -0.4 is 10.2 Å². The lowest BCUT2D eigenvalue weighted by Gasteiger charge is -2.16. The molecule has 0 unspecified atom stereocenters. The summed E-state index contributed by atoms with van der Waals surface area (Å²) in [5.74, 6) is 0.652. The minimum atomic E-state index is -0.0893. The van der Waals surface area contributed by atoms with Gasteiger partial charge in [0, 0.05) is 25.8 Å². The smallest absolute Gasteiger partial charge is 0.254 e. The molecule has 24 heavy (non-hydrogen) atoms. The van der Waals surface area contributed by atoms with Crippen LogP contribution in [0.4, 0.5) is 5.95 Å². The summed E-state index contributed by atoms with van der Waals surface area (Å²) in [6.45, 7) is 4.54. The Balaban J connectivity index is 1.51. The van der Waals surface area contributed by atoms with Crippen LogP contribution in [0.15, 0.2) is 36.5 Å². The van der Waals surface area contributed by atoms with Crippen LogP contribution in [0.5, 0.6) is 0 Å². The topological polar surface area (TPSA) is 58.1 Å². The molecule has 5 heteroatoms. The molecule has 0 aliphatic carbocycles. The Morgan fingerprint density at radius 2 is 1.96 bits per heavy atom. The highest BCUT2D eigenvalue weighted by molar-refractivity contribution is 5.94. The Bertz CT molecular complexity index is 681. The first-order valence-corrected chi connectivity index (χ1v) is 8.65. The van der Waals surface area contributed by atoms with E-state index in [4.69, 9.17) is 0 Å². The SMILES string of the molecule is Cc1nc(N2CCCC2)ncc1C(=O)NCCCc1ccccc1. The van der Waals surface area contributed by atoms with E-state index in [1.165, 1.54) is 18.4 Å². The number of nitrogens with zero attached hydrogens (tertiary/aromatic N) is 3. The fourth-order valence-corrected chi connectivity index (χ4v) is 2.98. The number of hydrogen-bond acceptors (Lipinski definition) is 4. The fraction of sp³-hybridized carbons (Fsp3) is 0.421. The van der Waals surface area contributed by atoms with Crippen LogP contribution in [0.2, 0.25) is 0 Å². The maximum atomic E-state index is 12.3. The minimum Gasteiger partial charge on any atom is -0.352 e. The van der Waals surface area contributed by atoms with E-state index in [-0.39, 0.29) is 5.91 Å². The van der Waals surface area contributed by atoms with Gasteiger partial charge in [0.25, 0.3) is 5.91 Å². The lowest BCUT2D eigenvalue weighted by atomic mass is 10.1. The first-order valence-electron chi connectivity index (χ1n) is 8.65. The van der Waals surface area contributed by atoms with Gasteiger partial charge in [0.15, 0.2) is 0 Å². The first-order chi connectivity index (χ1) is 11.7. The number of carbonyl (C=O) groups excluding carboxylic acids is 1. The second-order valence-corrected chi connectivity index (χ2v) is 6.21. The maximum Gasteiger partial charge on any atom is 0.254 e. The second-order valence-electron chi connectivity index (χ2n) is 6.21. The molecule has 1 aliphatic heterocycles. The van der Waals surface area contributed by atoms with Crippen molar-refractivity contribution in [2.75, 3.05) is 24.5 Å². The van der Waals surface area contributed by atoms with Crippen LogP contribution in [-0.4, -0.2) is 35.5 Å². The van der Waals surface area contributed by atoms with Gasteiger partial charge in [-0.25, -0.2) is 9.97 Å². The number of benzene rings is 1. The summed E-state index contributed by atoms with van der Waals surface area (Å²) in [4.78, 5) is 23.4. The molecule has 1 fully saturated rings. The van der Waals surface area contributed by atoms with Gasteiger partial charge in [0.1, 0.15) is 0 Å². The summed E-state index contributed by atoms with van der Waals surface area (Å²) in [5, 5.41) is 2.97. The molecule has 1 aromatic heterocycles. The van der Waals surface area contributed by atoms with Crippen LogP contribution >= 0.6 is 0 Å². The molecular formula is C19H24N4O. The van der Waals surface area contributed by atoms with Gasteiger partial charge in [-0.05, 0) is 38.2 Å². The van der Waals surface area contributed by atoms with Crippen molar-refractivity contribution in [2.24, 2.45) is 0 Å². The van der Waals surface area contributed by atoms with Gasteiger partial charge in [-0.3, -0.25) is 4.79 Å². The third-order valence-corrected chi connectivity index (χ3v) is 4.37. The molecule has 0 atom stereocenters. The summed E-state index contributed by atoms with van der Waals surface area (Å²) in [5.41, 5.74) is 2.60. The molecule has 0 radical (unpaired) electrons. The Kier molecular flexibility index (Phi) is 5.41. The molecule has 1 N–H and O–H groups in total. The highest BCUT2D eigenvalue weighted by Gasteiger charge is 2.17. The number of rotatable bonds is 6. The number of aryl methyl sites for hydroxylation is 2. The summed E-state index contributed by atoms with van der Waals surface area (Å²) in [6.07, 6.45) is 5.91. The number of anilines is 1. The molecule has 1 aliphatic rings. The van der Waals surface area contributed by atoms with Gasteiger partial charge >= 0.3 is 0 Å². The monoisotopic (exact) mass is 324 g/mol. The van der Waals surface area contributed by atoms with Gasteiger partial charge in [-0.15, -0.1) is 0 Å². The van der Waals surface area contributed by atoms with E-state index in [0.717, 1.165) is 37.6 Å². The predicted octanol–water partition coefficient (Wildman–Crippen LogP) is 2.75. The van der Waals surface area contributed by atoms with E-state index in [1.807, 2.05) is 25.1 Å².